The molecule has 1 unspecified atom stereocenters. The molecule has 1 N–H and O–H groups in total. The summed E-state index contributed by atoms with van der Waals surface area (Å²) in [6.45, 7) is 1.09. The van der Waals surface area contributed by atoms with E-state index >= 15 is 0 Å². The van der Waals surface area contributed by atoms with Crippen molar-refractivity contribution in [1.29, 1.82) is 0 Å². The number of anilines is 1. The van der Waals surface area contributed by atoms with Gasteiger partial charge >= 0.3 is 0 Å². The maximum Gasteiger partial charge on any atom is 0.0457 e. The Kier molecular flexibility index (Phi) is 4.72. The van der Waals surface area contributed by atoms with Gasteiger partial charge in [-0.05, 0) is 73.7 Å². The van der Waals surface area contributed by atoms with E-state index in [4.69, 9.17) is 0 Å². The second-order valence-corrected chi connectivity index (χ2v) is 9.79. The van der Waals surface area contributed by atoms with Gasteiger partial charge < -0.3 is 5.32 Å². The van der Waals surface area contributed by atoms with E-state index in [9.17, 15) is 0 Å². The molecule has 5 rings (SSSR count). The highest BCUT2D eigenvalue weighted by Crippen LogP contribution is 2.40. The minimum Gasteiger partial charge on any atom is -0.384 e. The molecule has 0 spiro atoms. The molecule has 0 amide bonds. The number of hydrogen-bond acceptors (Lipinski definition) is 1. The van der Waals surface area contributed by atoms with Crippen LogP contribution in [0.4, 0.5) is 5.69 Å². The van der Waals surface area contributed by atoms with Crippen molar-refractivity contribution in [2.75, 3.05) is 11.9 Å². The van der Waals surface area contributed by atoms with Gasteiger partial charge in [-0.3, -0.25) is 0 Å². The third-order valence-electron chi connectivity index (χ3n) is 5.92. The van der Waals surface area contributed by atoms with Crippen LogP contribution in [0.5, 0.6) is 0 Å². The first kappa shape index (κ1) is 17.0. The predicted molar refractivity (Wildman–Crippen MR) is 119 cm³/mol. The first-order valence-electron chi connectivity index (χ1n) is 10.2. The number of aryl methyl sites for hydroxylation is 2. The molecule has 0 radical (unpaired) electrons. The molecule has 1 aliphatic carbocycles. The van der Waals surface area contributed by atoms with Gasteiger partial charge in [-0.15, -0.1) is 0 Å². The smallest absolute Gasteiger partial charge is 0.0457 e. The molecule has 1 nitrogen and oxygen atoms in total. The van der Waals surface area contributed by atoms with Crippen molar-refractivity contribution >= 4 is 29.5 Å². The Morgan fingerprint density at radius 2 is 1.37 bits per heavy atom. The van der Waals surface area contributed by atoms with Gasteiger partial charge in [0.05, 0.1) is 0 Å². The minimum atomic E-state index is -0.538. The van der Waals surface area contributed by atoms with E-state index in [0.717, 1.165) is 6.54 Å². The lowest BCUT2D eigenvalue weighted by molar-refractivity contribution is 0.688. The fraction of sp³-hybridized carbons (Fsp3) is 0.280. The standard InChI is InChI=1S/C25H26NP/c1-2-13-21(14-3-1)27(23-16-6-10-19-9-4-5-15-22(19)23)24-17-7-11-20-12-8-18-26-25(20)24/h1-3,6-7,10-11,13-14,16-17,26H,4-5,8-9,12,15,18H2. The predicted octanol–water partition coefficient (Wildman–Crippen LogP) is 4.68. The van der Waals surface area contributed by atoms with Gasteiger partial charge in [0.2, 0.25) is 0 Å². The van der Waals surface area contributed by atoms with E-state index in [0.29, 0.717) is 0 Å². The summed E-state index contributed by atoms with van der Waals surface area (Å²) in [5, 5.41) is 8.30. The maximum atomic E-state index is 3.75. The van der Waals surface area contributed by atoms with E-state index in [1.165, 1.54) is 60.4 Å². The second kappa shape index (κ2) is 7.49. The van der Waals surface area contributed by atoms with Gasteiger partial charge in [-0.2, -0.15) is 0 Å². The van der Waals surface area contributed by atoms with Crippen molar-refractivity contribution in [3.63, 3.8) is 0 Å². The van der Waals surface area contributed by atoms with Crippen molar-refractivity contribution in [3.8, 4) is 0 Å². The number of para-hydroxylation sites is 1. The summed E-state index contributed by atoms with van der Waals surface area (Å²) in [5.74, 6) is 0. The van der Waals surface area contributed by atoms with Crippen LogP contribution in [0.25, 0.3) is 0 Å². The largest absolute Gasteiger partial charge is 0.384 e. The Morgan fingerprint density at radius 3 is 2.26 bits per heavy atom. The Labute approximate surface area is 163 Å². The summed E-state index contributed by atoms with van der Waals surface area (Å²) in [6.07, 6.45) is 7.57. The summed E-state index contributed by atoms with van der Waals surface area (Å²) >= 11 is 0. The Morgan fingerprint density at radius 1 is 0.630 bits per heavy atom. The molecule has 1 atom stereocenters. The monoisotopic (exact) mass is 371 g/mol. The van der Waals surface area contributed by atoms with Crippen LogP contribution in [0.15, 0.2) is 66.7 Å². The van der Waals surface area contributed by atoms with Crippen molar-refractivity contribution < 1.29 is 0 Å². The highest BCUT2D eigenvalue weighted by molar-refractivity contribution is 7.80. The fourth-order valence-corrected chi connectivity index (χ4v) is 7.36. The number of rotatable bonds is 3. The van der Waals surface area contributed by atoms with Crippen LogP contribution >= 0.6 is 7.92 Å². The highest BCUT2D eigenvalue weighted by Gasteiger charge is 2.26. The second-order valence-electron chi connectivity index (χ2n) is 7.63. The molecule has 136 valence electrons. The summed E-state index contributed by atoms with van der Waals surface area (Å²) in [5.41, 5.74) is 6.12. The first-order valence-corrected chi connectivity index (χ1v) is 11.6. The molecule has 3 aromatic rings. The molecular formula is C25H26NP. The van der Waals surface area contributed by atoms with Crippen LogP contribution in [-0.2, 0) is 19.3 Å². The summed E-state index contributed by atoms with van der Waals surface area (Å²) in [6, 6.07) is 25.2. The average Bonchev–Trinajstić information content (AvgIpc) is 2.75. The summed E-state index contributed by atoms with van der Waals surface area (Å²) in [7, 11) is -0.538. The lowest BCUT2D eigenvalue weighted by Gasteiger charge is -2.30. The Bertz CT molecular complexity index is 888. The number of nitrogens with one attached hydrogen (secondary N) is 1. The summed E-state index contributed by atoms with van der Waals surface area (Å²) in [4.78, 5) is 0. The lowest BCUT2D eigenvalue weighted by Crippen LogP contribution is -2.29. The maximum absolute atomic E-state index is 3.75. The van der Waals surface area contributed by atoms with Crippen LogP contribution in [0.1, 0.15) is 36.0 Å². The third-order valence-corrected chi connectivity index (χ3v) is 8.49. The molecule has 0 aromatic heterocycles. The zero-order valence-electron chi connectivity index (χ0n) is 15.7. The zero-order valence-corrected chi connectivity index (χ0v) is 16.6. The Hall–Kier alpha value is -2.11. The van der Waals surface area contributed by atoms with Crippen LogP contribution in [0, 0.1) is 0 Å². The van der Waals surface area contributed by atoms with Crippen molar-refractivity contribution in [3.05, 3.63) is 83.4 Å². The van der Waals surface area contributed by atoms with Gasteiger partial charge in [0.15, 0.2) is 0 Å². The van der Waals surface area contributed by atoms with Crippen LogP contribution < -0.4 is 21.2 Å². The van der Waals surface area contributed by atoms with Crippen LogP contribution in [0.3, 0.4) is 0 Å². The van der Waals surface area contributed by atoms with Crippen molar-refractivity contribution in [1.82, 2.24) is 0 Å². The minimum absolute atomic E-state index is 0.538. The number of benzene rings is 3. The van der Waals surface area contributed by atoms with Crippen LogP contribution in [0.2, 0.25) is 0 Å². The van der Waals surface area contributed by atoms with E-state index in [1.54, 1.807) is 16.4 Å². The molecule has 27 heavy (non-hydrogen) atoms. The molecule has 1 aliphatic heterocycles. The fourth-order valence-electron chi connectivity index (χ4n) is 4.63. The first-order chi connectivity index (χ1) is 13.4. The van der Waals surface area contributed by atoms with Gasteiger partial charge in [-0.25, -0.2) is 0 Å². The molecule has 0 fully saturated rings. The molecule has 2 aliphatic rings. The zero-order chi connectivity index (χ0) is 18.1. The molecule has 0 bridgehead atoms. The quantitative estimate of drug-likeness (QED) is 0.659. The van der Waals surface area contributed by atoms with Gasteiger partial charge in [0.1, 0.15) is 0 Å². The van der Waals surface area contributed by atoms with Crippen molar-refractivity contribution in [2.24, 2.45) is 0 Å². The molecular weight excluding hydrogens is 345 g/mol. The van der Waals surface area contributed by atoms with Crippen molar-refractivity contribution in [2.45, 2.75) is 38.5 Å². The number of fused-ring (bicyclic) bond motifs is 2. The molecule has 2 heteroatoms. The summed E-state index contributed by atoms with van der Waals surface area (Å²) < 4.78 is 0. The Balaban J connectivity index is 1.73. The van der Waals surface area contributed by atoms with E-state index < -0.39 is 7.92 Å². The lowest BCUT2D eigenvalue weighted by atomic mass is 9.92. The van der Waals surface area contributed by atoms with Gasteiger partial charge in [-0.1, -0.05) is 66.7 Å². The molecule has 0 saturated heterocycles. The normalized spacial score (nSPS) is 16.7. The SMILES string of the molecule is c1ccc(P(c2cccc3c2CCCC3)c2cccc3c2NCCC3)cc1. The van der Waals surface area contributed by atoms with Gasteiger partial charge in [0, 0.05) is 17.5 Å². The van der Waals surface area contributed by atoms with E-state index in [2.05, 4.69) is 72.0 Å². The molecule has 3 aromatic carbocycles. The average molecular weight is 371 g/mol. The topological polar surface area (TPSA) is 12.0 Å². The van der Waals surface area contributed by atoms with Crippen LogP contribution in [-0.4, -0.2) is 6.54 Å². The highest BCUT2D eigenvalue weighted by atomic mass is 31.1. The van der Waals surface area contributed by atoms with Gasteiger partial charge in [0.25, 0.3) is 0 Å². The molecule has 1 heterocycles. The third kappa shape index (κ3) is 3.19. The molecule has 0 saturated carbocycles. The number of hydrogen-bond donors (Lipinski definition) is 1. The van der Waals surface area contributed by atoms with E-state index in [-0.39, 0.29) is 0 Å². The van der Waals surface area contributed by atoms with E-state index in [1.807, 2.05) is 0 Å².